The number of amides is 1. The minimum Gasteiger partial charge on any atom is -0.356 e. The van der Waals surface area contributed by atoms with E-state index in [4.69, 9.17) is 0 Å². The fourth-order valence-electron chi connectivity index (χ4n) is 3.96. The summed E-state index contributed by atoms with van der Waals surface area (Å²) in [5.41, 5.74) is -0.303. The predicted octanol–water partition coefficient (Wildman–Crippen LogP) is 4.44. The maximum Gasteiger partial charge on any atom is 0.433 e. The Bertz CT molecular complexity index is 919. The molecule has 1 amide bonds. The average molecular weight is 492 g/mol. The normalized spacial score (nSPS) is 15.3. The number of hydrogen-bond acceptors (Lipinski definition) is 5. The van der Waals surface area contributed by atoms with Crippen LogP contribution >= 0.6 is 0 Å². The molecule has 1 aliphatic rings. The van der Waals surface area contributed by atoms with Crippen LogP contribution in [0.5, 0.6) is 0 Å². The minimum absolute atomic E-state index is 0.0696. The van der Waals surface area contributed by atoms with Crippen LogP contribution in [-0.2, 0) is 22.8 Å². The first-order valence-electron chi connectivity index (χ1n) is 12.3. The molecule has 1 aromatic carbocycles. The summed E-state index contributed by atoms with van der Waals surface area (Å²) in [6, 6.07) is 11.0. The molecule has 0 unspecified atom stereocenters. The molecule has 0 atom stereocenters. The van der Waals surface area contributed by atoms with Gasteiger partial charge < -0.3 is 10.2 Å². The van der Waals surface area contributed by atoms with Crippen LogP contribution < -0.4 is 10.2 Å². The van der Waals surface area contributed by atoms with Crippen LogP contribution in [0.15, 0.2) is 36.4 Å². The highest BCUT2D eigenvalue weighted by Crippen LogP contribution is 2.32. The van der Waals surface area contributed by atoms with Gasteiger partial charge >= 0.3 is 6.18 Å². The number of rotatable bonds is 9. The van der Waals surface area contributed by atoms with Crippen LogP contribution in [0.4, 0.5) is 19.0 Å². The average Bonchev–Trinajstić information content (AvgIpc) is 2.82. The Morgan fingerprint density at radius 3 is 2.31 bits per heavy atom. The van der Waals surface area contributed by atoms with E-state index >= 15 is 0 Å². The van der Waals surface area contributed by atoms with E-state index in [1.54, 1.807) is 0 Å². The third-order valence-electron chi connectivity index (χ3n) is 6.08. The van der Waals surface area contributed by atoms with E-state index in [9.17, 15) is 18.0 Å². The number of piperazine rings is 1. The monoisotopic (exact) mass is 491 g/mol. The van der Waals surface area contributed by atoms with E-state index in [-0.39, 0.29) is 11.7 Å². The number of aromatic nitrogens is 2. The van der Waals surface area contributed by atoms with Crippen LogP contribution in [0.25, 0.3) is 0 Å². The lowest BCUT2D eigenvalue weighted by Gasteiger charge is -2.36. The lowest BCUT2D eigenvalue weighted by molar-refractivity contribution is -0.141. The first kappa shape index (κ1) is 26.9. The molecule has 192 valence electrons. The van der Waals surface area contributed by atoms with Crippen molar-refractivity contribution in [2.45, 2.75) is 58.0 Å². The van der Waals surface area contributed by atoms with Crippen LogP contribution in [-0.4, -0.2) is 60.0 Å². The molecule has 2 aromatic rings. The van der Waals surface area contributed by atoms with Gasteiger partial charge in [0.25, 0.3) is 0 Å². The topological polar surface area (TPSA) is 61.4 Å². The summed E-state index contributed by atoms with van der Waals surface area (Å²) in [5.74, 6) is 0.617. The lowest BCUT2D eigenvalue weighted by Crippen LogP contribution is -2.47. The van der Waals surface area contributed by atoms with Crippen LogP contribution in [0.2, 0.25) is 0 Å². The number of hydrogen-bond donors (Lipinski definition) is 1. The van der Waals surface area contributed by atoms with E-state index < -0.39 is 17.3 Å². The molecule has 1 saturated heterocycles. The molecule has 1 fully saturated rings. The Balaban J connectivity index is 1.39. The summed E-state index contributed by atoms with van der Waals surface area (Å²) in [6.07, 6.45) is -1.42. The number of aryl methyl sites for hydroxylation is 1. The lowest BCUT2D eigenvalue weighted by atomic mass is 9.95. The van der Waals surface area contributed by atoms with Crippen molar-refractivity contribution < 1.29 is 18.0 Å². The van der Waals surface area contributed by atoms with Gasteiger partial charge in [0.15, 0.2) is 0 Å². The molecule has 0 bridgehead atoms. The highest BCUT2D eigenvalue weighted by Gasteiger charge is 2.35. The molecule has 0 saturated carbocycles. The van der Waals surface area contributed by atoms with Gasteiger partial charge in [0.2, 0.25) is 5.91 Å². The van der Waals surface area contributed by atoms with Gasteiger partial charge in [-0.25, -0.2) is 9.97 Å². The minimum atomic E-state index is -4.50. The van der Waals surface area contributed by atoms with Crippen LogP contribution in [0, 0.1) is 0 Å². The number of nitrogens with one attached hydrogen (secondary N) is 1. The number of nitrogens with zero attached hydrogens (tertiary/aromatic N) is 4. The van der Waals surface area contributed by atoms with Crippen LogP contribution in [0.1, 0.15) is 57.1 Å². The molecule has 35 heavy (non-hydrogen) atoms. The fourth-order valence-corrected chi connectivity index (χ4v) is 3.96. The van der Waals surface area contributed by atoms with Gasteiger partial charge in [0.1, 0.15) is 17.3 Å². The molecule has 0 radical (unpaired) electrons. The van der Waals surface area contributed by atoms with Crippen molar-refractivity contribution in [3.63, 3.8) is 0 Å². The van der Waals surface area contributed by atoms with Crippen molar-refractivity contribution >= 4 is 11.7 Å². The summed E-state index contributed by atoms with van der Waals surface area (Å²) >= 11 is 0. The summed E-state index contributed by atoms with van der Waals surface area (Å²) in [4.78, 5) is 24.5. The maximum absolute atomic E-state index is 13.4. The molecule has 3 rings (SSSR count). The summed E-state index contributed by atoms with van der Waals surface area (Å²) < 4.78 is 40.2. The number of benzene rings is 1. The molecule has 2 heterocycles. The third kappa shape index (κ3) is 8.49. The Morgan fingerprint density at radius 1 is 1.00 bits per heavy atom. The number of halogens is 3. The SMILES string of the molecule is CC(C)(C)c1nc(N2CCN(CCCCNC(=O)CCc3ccccc3)CC2)cc(C(F)(F)F)n1. The Kier molecular flexibility index (Phi) is 9.10. The number of carbonyl (C=O) groups excluding carboxylic acids is 1. The van der Waals surface area contributed by atoms with Crippen LogP contribution in [0.3, 0.4) is 0 Å². The van der Waals surface area contributed by atoms with Gasteiger partial charge in [-0.15, -0.1) is 0 Å². The van der Waals surface area contributed by atoms with E-state index in [2.05, 4.69) is 20.2 Å². The van der Waals surface area contributed by atoms with E-state index in [1.165, 1.54) is 0 Å². The van der Waals surface area contributed by atoms with Gasteiger partial charge in [-0.1, -0.05) is 51.1 Å². The third-order valence-corrected chi connectivity index (χ3v) is 6.08. The summed E-state index contributed by atoms with van der Waals surface area (Å²) in [7, 11) is 0. The molecule has 9 heteroatoms. The number of alkyl halides is 3. The van der Waals surface area contributed by atoms with Crippen molar-refractivity contribution in [3.8, 4) is 0 Å². The summed E-state index contributed by atoms with van der Waals surface area (Å²) in [6.45, 7) is 9.77. The molecule has 6 nitrogen and oxygen atoms in total. The zero-order valence-electron chi connectivity index (χ0n) is 20.9. The molecule has 1 aromatic heterocycles. The quantitative estimate of drug-likeness (QED) is 0.526. The smallest absolute Gasteiger partial charge is 0.356 e. The standard InChI is InChI=1S/C26H36F3N5O/c1-25(2,3)24-31-21(26(27,28)29)19-22(32-24)34-17-15-33(16-18-34)14-8-7-13-30-23(35)12-11-20-9-5-4-6-10-20/h4-6,9-10,19H,7-8,11-18H2,1-3H3,(H,30,35). The van der Waals surface area contributed by atoms with Crippen molar-refractivity contribution in [3.05, 3.63) is 53.5 Å². The van der Waals surface area contributed by atoms with Crippen molar-refractivity contribution in [1.29, 1.82) is 0 Å². The van der Waals surface area contributed by atoms with Gasteiger partial charge in [-0.2, -0.15) is 13.2 Å². The Morgan fingerprint density at radius 2 is 1.69 bits per heavy atom. The van der Waals surface area contributed by atoms with Crippen molar-refractivity contribution in [2.75, 3.05) is 44.2 Å². The van der Waals surface area contributed by atoms with Crippen molar-refractivity contribution in [2.24, 2.45) is 0 Å². The molecular weight excluding hydrogens is 455 g/mol. The second-order valence-electron chi connectivity index (χ2n) is 10.1. The zero-order chi connectivity index (χ0) is 25.5. The fraction of sp³-hybridized carbons (Fsp3) is 0.577. The summed E-state index contributed by atoms with van der Waals surface area (Å²) in [5, 5.41) is 2.98. The van der Waals surface area contributed by atoms with E-state index in [1.807, 2.05) is 56.0 Å². The van der Waals surface area contributed by atoms with Gasteiger partial charge in [-0.3, -0.25) is 9.69 Å². The zero-order valence-corrected chi connectivity index (χ0v) is 20.9. The highest BCUT2D eigenvalue weighted by molar-refractivity contribution is 5.76. The highest BCUT2D eigenvalue weighted by atomic mass is 19.4. The first-order valence-corrected chi connectivity index (χ1v) is 12.3. The van der Waals surface area contributed by atoms with E-state index in [0.717, 1.165) is 50.5 Å². The molecule has 1 aliphatic heterocycles. The second-order valence-corrected chi connectivity index (χ2v) is 10.1. The number of carbonyl (C=O) groups is 1. The Labute approximate surface area is 205 Å². The van der Waals surface area contributed by atoms with Gasteiger partial charge in [-0.05, 0) is 31.4 Å². The molecule has 0 spiro atoms. The molecule has 1 N–H and O–H groups in total. The van der Waals surface area contributed by atoms with Gasteiger partial charge in [0.05, 0.1) is 0 Å². The molecule has 0 aliphatic carbocycles. The van der Waals surface area contributed by atoms with Gasteiger partial charge in [0, 0.05) is 50.6 Å². The van der Waals surface area contributed by atoms with E-state index in [0.29, 0.717) is 31.9 Å². The number of unbranched alkanes of at least 4 members (excludes halogenated alkanes) is 1. The number of anilines is 1. The molecular formula is C26H36F3N5O. The largest absolute Gasteiger partial charge is 0.433 e. The second kappa shape index (κ2) is 11.8. The predicted molar refractivity (Wildman–Crippen MR) is 131 cm³/mol. The van der Waals surface area contributed by atoms with Crippen molar-refractivity contribution in [1.82, 2.24) is 20.2 Å². The first-order chi connectivity index (χ1) is 16.5. The Hall–Kier alpha value is -2.68. The maximum atomic E-state index is 13.4.